The predicted molar refractivity (Wildman–Crippen MR) is 95.4 cm³/mol. The number of imide groups is 2. The lowest BCUT2D eigenvalue weighted by atomic mass is 9.93. The van der Waals surface area contributed by atoms with Gasteiger partial charge in [0, 0.05) is 7.85 Å². The zero-order valence-electron chi connectivity index (χ0n) is 15.3. The van der Waals surface area contributed by atoms with E-state index in [0.29, 0.717) is 11.1 Å². The number of hydrogen-bond acceptors (Lipinski definition) is 4. The summed E-state index contributed by atoms with van der Waals surface area (Å²) in [6, 6.07) is 2.56. The predicted octanol–water partition coefficient (Wildman–Crippen LogP) is 2.79. The number of rotatable bonds is 2. The molecule has 1 atom stereocenters. The molecule has 1 fully saturated rings. The van der Waals surface area contributed by atoms with Crippen LogP contribution in [0.2, 0.25) is 0 Å². The number of benzene rings is 1. The Morgan fingerprint density at radius 3 is 2.16 bits per heavy atom. The molecular weight excluding hydrogens is 320 g/mol. The van der Waals surface area contributed by atoms with Crippen molar-refractivity contribution >= 4 is 23.6 Å². The van der Waals surface area contributed by atoms with E-state index in [1.807, 2.05) is 34.6 Å². The van der Waals surface area contributed by atoms with E-state index in [9.17, 15) is 19.2 Å². The van der Waals surface area contributed by atoms with E-state index in [1.54, 1.807) is 12.1 Å². The smallest absolute Gasteiger partial charge is 0.262 e. The Labute approximate surface area is 149 Å². The second-order valence-corrected chi connectivity index (χ2v) is 6.36. The summed E-state index contributed by atoms with van der Waals surface area (Å²) in [6.45, 7) is 9.95. The molecule has 25 heavy (non-hydrogen) atoms. The Hall–Kier alpha value is -2.50. The zero-order valence-corrected chi connectivity index (χ0v) is 15.3. The molecule has 136 valence electrons. The largest absolute Gasteiger partial charge is 0.295 e. The van der Waals surface area contributed by atoms with Crippen molar-refractivity contribution in [1.29, 1.82) is 0 Å². The summed E-state index contributed by atoms with van der Waals surface area (Å²) in [7, 11) is 0. The molecule has 0 saturated carbocycles. The van der Waals surface area contributed by atoms with E-state index < -0.39 is 23.8 Å². The first-order valence-corrected chi connectivity index (χ1v) is 8.67. The molecule has 6 heteroatoms. The fourth-order valence-electron chi connectivity index (χ4n) is 3.26. The lowest BCUT2D eigenvalue weighted by Crippen LogP contribution is -2.54. The summed E-state index contributed by atoms with van der Waals surface area (Å²) >= 11 is 0. The van der Waals surface area contributed by atoms with Crippen molar-refractivity contribution in [2.24, 2.45) is 0 Å². The number of piperidine rings is 1. The monoisotopic (exact) mass is 346 g/mol. The van der Waals surface area contributed by atoms with E-state index >= 15 is 0 Å². The van der Waals surface area contributed by atoms with Crippen LogP contribution in [0.5, 0.6) is 0 Å². The molecule has 0 radical (unpaired) electrons. The summed E-state index contributed by atoms with van der Waals surface area (Å²) in [5.41, 5.74) is 2.63. The molecule has 0 spiro atoms. The van der Waals surface area contributed by atoms with Gasteiger partial charge in [0.1, 0.15) is 6.04 Å². The van der Waals surface area contributed by atoms with Crippen molar-refractivity contribution in [3.8, 4) is 0 Å². The first-order valence-electron chi connectivity index (χ1n) is 8.67. The first kappa shape index (κ1) is 18.8. The van der Waals surface area contributed by atoms with Gasteiger partial charge in [0.25, 0.3) is 11.8 Å². The molecule has 1 saturated heterocycles. The second kappa shape index (κ2) is 7.17. The topological polar surface area (TPSA) is 83.6 Å². The van der Waals surface area contributed by atoms with Crippen LogP contribution in [0.4, 0.5) is 0 Å². The Balaban J connectivity index is 0.00000109. The highest BCUT2D eigenvalue weighted by atomic mass is 16.2. The molecule has 2 aliphatic rings. The van der Waals surface area contributed by atoms with Crippen molar-refractivity contribution in [2.75, 3.05) is 0 Å². The van der Waals surface area contributed by atoms with E-state index in [4.69, 9.17) is 0 Å². The number of carbonyl (C=O) groups is 4. The summed E-state index contributed by atoms with van der Waals surface area (Å²) in [6.07, 6.45) is 0.298. The highest BCUT2D eigenvalue weighted by Gasteiger charge is 2.44. The van der Waals surface area contributed by atoms with Crippen molar-refractivity contribution in [1.82, 2.24) is 10.2 Å². The van der Waals surface area contributed by atoms with Gasteiger partial charge in [-0.25, -0.2) is 0 Å². The summed E-state index contributed by atoms with van der Waals surface area (Å²) in [4.78, 5) is 49.5. The minimum Gasteiger partial charge on any atom is -0.295 e. The number of hydrogen-bond donors (Lipinski definition) is 1. The van der Waals surface area contributed by atoms with Crippen molar-refractivity contribution in [2.45, 2.75) is 59.4 Å². The lowest BCUT2D eigenvalue weighted by molar-refractivity contribution is -0.136. The van der Waals surface area contributed by atoms with Crippen LogP contribution in [0.15, 0.2) is 12.1 Å². The molecule has 0 aromatic heterocycles. The van der Waals surface area contributed by atoms with E-state index in [1.165, 1.54) is 0 Å². The van der Waals surface area contributed by atoms with Crippen LogP contribution >= 0.6 is 0 Å². The van der Waals surface area contributed by atoms with E-state index in [0.717, 1.165) is 16.0 Å². The molecule has 1 unspecified atom stereocenters. The van der Waals surface area contributed by atoms with Gasteiger partial charge in [0.05, 0.1) is 11.1 Å². The van der Waals surface area contributed by atoms with Crippen LogP contribution in [-0.2, 0) is 9.59 Å². The highest BCUT2D eigenvalue weighted by molar-refractivity contribution is 6.23. The van der Waals surface area contributed by atoms with Crippen molar-refractivity contribution in [3.63, 3.8) is 0 Å². The van der Waals surface area contributed by atoms with Crippen LogP contribution in [0.25, 0.3) is 0 Å². The fourth-order valence-corrected chi connectivity index (χ4v) is 3.26. The van der Waals surface area contributed by atoms with Gasteiger partial charge >= 0.3 is 0 Å². The number of carbonyl (C=O) groups excluding carboxylic acids is 4. The normalized spacial score (nSPS) is 19.6. The van der Waals surface area contributed by atoms with Crippen LogP contribution in [0.1, 0.15) is 79.7 Å². The Kier molecular flexibility index (Phi) is 5.40. The molecule has 0 aliphatic carbocycles. The van der Waals surface area contributed by atoms with Gasteiger partial charge in [0.15, 0.2) is 0 Å². The number of fused-ring (bicyclic) bond motifs is 1. The summed E-state index contributed by atoms with van der Waals surface area (Å²) in [5, 5.41) is 2.19. The minimum atomic E-state index is -0.914. The van der Waals surface area contributed by atoms with Gasteiger partial charge in [-0.3, -0.25) is 29.4 Å². The fraction of sp³-hybridized carbons (Fsp3) is 0.474. The number of amides is 4. The minimum absolute atomic E-state index is 0. The Morgan fingerprint density at radius 2 is 1.64 bits per heavy atom. The Morgan fingerprint density at radius 1 is 1.08 bits per heavy atom. The quantitative estimate of drug-likeness (QED) is 0.835. The average Bonchev–Trinajstić information content (AvgIpc) is 2.80. The van der Waals surface area contributed by atoms with Gasteiger partial charge in [-0.15, -0.1) is 0 Å². The third-order valence-corrected chi connectivity index (χ3v) is 4.45. The molecule has 2 heterocycles. The molecule has 2 aliphatic heterocycles. The van der Waals surface area contributed by atoms with Gasteiger partial charge in [-0.1, -0.05) is 27.7 Å². The zero-order chi connectivity index (χ0) is 18.9. The lowest BCUT2D eigenvalue weighted by Gasteiger charge is -2.27. The van der Waals surface area contributed by atoms with E-state index in [2.05, 4.69) is 5.32 Å². The molecule has 3 rings (SSSR count). The second-order valence-electron chi connectivity index (χ2n) is 6.36. The van der Waals surface area contributed by atoms with Crippen LogP contribution < -0.4 is 5.32 Å². The maximum absolute atomic E-state index is 12.7. The number of aryl methyl sites for hydroxylation is 1. The molecule has 4 amide bonds. The first-order chi connectivity index (χ1) is 11.8. The molecule has 1 N–H and O–H groups in total. The van der Waals surface area contributed by atoms with Crippen molar-refractivity contribution in [3.05, 3.63) is 34.4 Å². The molecule has 0 bridgehead atoms. The van der Waals surface area contributed by atoms with Gasteiger partial charge < -0.3 is 0 Å². The summed E-state index contributed by atoms with van der Waals surface area (Å²) < 4.78 is 0. The van der Waals surface area contributed by atoms with E-state index in [-0.39, 0.29) is 26.1 Å². The molecule has 1 aromatic rings. The molecule has 6 nitrogen and oxygen atoms in total. The van der Waals surface area contributed by atoms with Gasteiger partial charge in [0.2, 0.25) is 11.8 Å². The maximum atomic E-state index is 12.7. The SMILES string of the molecule is CC.Cc1cc2c(cc1C(C)C)C(=O)N(C1CCC(=O)NC1=O)C2=O.[HH]. The average molecular weight is 346 g/mol. The van der Waals surface area contributed by atoms with Gasteiger partial charge in [-0.2, -0.15) is 0 Å². The number of nitrogens with one attached hydrogen (secondary N) is 1. The van der Waals surface area contributed by atoms with Crippen LogP contribution in [0.3, 0.4) is 0 Å². The number of nitrogens with zero attached hydrogens (tertiary/aromatic N) is 1. The third kappa shape index (κ3) is 3.21. The third-order valence-electron chi connectivity index (χ3n) is 4.45. The van der Waals surface area contributed by atoms with Gasteiger partial charge in [-0.05, 0) is 42.5 Å². The molecule has 1 aromatic carbocycles. The van der Waals surface area contributed by atoms with Crippen LogP contribution in [0, 0.1) is 6.92 Å². The maximum Gasteiger partial charge on any atom is 0.262 e. The molecular formula is C19H26N2O4. The van der Waals surface area contributed by atoms with Crippen LogP contribution in [-0.4, -0.2) is 34.6 Å². The standard InChI is InChI=1S/C17H18N2O4.C2H6.H2/c1-8(2)10-7-12-11(6-9(10)3)16(22)19(17(12)23)13-4-5-14(20)18-15(13)21;1-2;/h6-8,13H,4-5H2,1-3H3,(H,18,20,21);1-2H3;1H. The van der Waals surface area contributed by atoms with Crippen molar-refractivity contribution < 1.29 is 20.6 Å². The highest BCUT2D eigenvalue weighted by Crippen LogP contribution is 2.31. The summed E-state index contributed by atoms with van der Waals surface area (Å²) in [5.74, 6) is -1.65. The Bertz CT molecular complexity index is 758.